The molecule has 0 aliphatic carbocycles. The Labute approximate surface area is 137 Å². The van der Waals surface area contributed by atoms with Gasteiger partial charge < -0.3 is 14.8 Å². The molecule has 7 heteroatoms. The lowest BCUT2D eigenvalue weighted by Crippen LogP contribution is -2.21. The van der Waals surface area contributed by atoms with Crippen molar-refractivity contribution in [3.8, 4) is 11.5 Å². The first-order valence-electron chi connectivity index (χ1n) is 6.29. The van der Waals surface area contributed by atoms with Gasteiger partial charge in [0.25, 0.3) is 0 Å². The topological polar surface area (TPSA) is 48.3 Å². The molecule has 0 spiro atoms. The maximum atomic E-state index is 6.29. The van der Waals surface area contributed by atoms with Gasteiger partial charge in [0.2, 0.25) is 0 Å². The van der Waals surface area contributed by atoms with Crippen molar-refractivity contribution in [1.82, 2.24) is 15.1 Å². The number of hydrogen-bond acceptors (Lipinski definition) is 4. The molecule has 21 heavy (non-hydrogen) atoms. The van der Waals surface area contributed by atoms with Crippen molar-refractivity contribution in [2.24, 2.45) is 7.05 Å². The minimum Gasteiger partial charge on any atom is -0.493 e. The van der Waals surface area contributed by atoms with Gasteiger partial charge in [-0.2, -0.15) is 5.10 Å². The van der Waals surface area contributed by atoms with Crippen LogP contribution in [0, 0.1) is 0 Å². The summed E-state index contributed by atoms with van der Waals surface area (Å²) in [6.45, 7) is 0. The predicted molar refractivity (Wildman–Crippen MR) is 86.4 cm³/mol. The van der Waals surface area contributed by atoms with Crippen LogP contribution in [0.2, 0.25) is 5.02 Å². The molecular formula is C14H17BrClN3O2. The Balaban J connectivity index is 2.56. The second kappa shape index (κ2) is 6.68. The van der Waals surface area contributed by atoms with Gasteiger partial charge in [-0.3, -0.25) is 4.68 Å². The molecule has 1 unspecified atom stereocenters. The van der Waals surface area contributed by atoms with Gasteiger partial charge in [-0.25, -0.2) is 0 Å². The van der Waals surface area contributed by atoms with Crippen LogP contribution >= 0.6 is 27.5 Å². The van der Waals surface area contributed by atoms with Crippen molar-refractivity contribution < 1.29 is 9.47 Å². The van der Waals surface area contributed by atoms with Crippen LogP contribution in [0.25, 0.3) is 0 Å². The van der Waals surface area contributed by atoms with Crippen molar-refractivity contribution in [1.29, 1.82) is 0 Å². The summed E-state index contributed by atoms with van der Waals surface area (Å²) >= 11 is 9.81. The third-order valence-corrected chi connectivity index (χ3v) is 4.18. The van der Waals surface area contributed by atoms with Crippen LogP contribution in [0.1, 0.15) is 17.3 Å². The number of rotatable bonds is 5. The number of aromatic nitrogens is 2. The molecule has 2 rings (SSSR count). The minimum absolute atomic E-state index is 0.0795. The number of ether oxygens (including phenoxy) is 2. The second-order valence-corrected chi connectivity index (χ2v) is 5.72. The van der Waals surface area contributed by atoms with Gasteiger partial charge in [-0.15, -0.1) is 0 Å². The predicted octanol–water partition coefficient (Wildman–Crippen LogP) is 3.16. The van der Waals surface area contributed by atoms with Crippen molar-refractivity contribution in [2.45, 2.75) is 6.04 Å². The molecule has 0 fully saturated rings. The van der Waals surface area contributed by atoms with Crippen LogP contribution in [-0.2, 0) is 7.05 Å². The molecule has 5 nitrogen and oxygen atoms in total. The zero-order valence-corrected chi connectivity index (χ0v) is 14.6. The molecule has 0 saturated heterocycles. The number of benzene rings is 1. The monoisotopic (exact) mass is 373 g/mol. The molecule has 0 aliphatic heterocycles. The first-order chi connectivity index (χ1) is 10.0. The molecule has 1 atom stereocenters. The van der Waals surface area contributed by atoms with Gasteiger partial charge in [-0.05, 0) is 40.7 Å². The molecule has 1 aromatic carbocycles. The fourth-order valence-electron chi connectivity index (χ4n) is 2.31. The van der Waals surface area contributed by atoms with Crippen LogP contribution in [0.15, 0.2) is 22.8 Å². The highest BCUT2D eigenvalue weighted by Gasteiger charge is 2.22. The summed E-state index contributed by atoms with van der Waals surface area (Å²) in [5, 5.41) is 8.03. The third-order valence-electron chi connectivity index (χ3n) is 3.29. The van der Waals surface area contributed by atoms with Crippen LogP contribution in [0.3, 0.4) is 0 Å². The Morgan fingerprint density at radius 3 is 2.52 bits per heavy atom. The van der Waals surface area contributed by atoms with Gasteiger partial charge in [0, 0.05) is 7.05 Å². The van der Waals surface area contributed by atoms with Crippen LogP contribution in [-0.4, -0.2) is 31.0 Å². The summed E-state index contributed by atoms with van der Waals surface area (Å²) in [6.07, 6.45) is 1.77. The summed E-state index contributed by atoms with van der Waals surface area (Å²) < 4.78 is 13.4. The SMILES string of the molecule is CNC(c1cc(Cl)c(OC)c(OC)c1)c1c(Br)cnn1C. The van der Waals surface area contributed by atoms with Crippen LogP contribution < -0.4 is 14.8 Å². The normalized spacial score (nSPS) is 12.3. The molecule has 0 aliphatic rings. The summed E-state index contributed by atoms with van der Waals surface area (Å²) in [6, 6.07) is 3.69. The molecule has 0 bridgehead atoms. The molecule has 1 aromatic heterocycles. The molecule has 2 aromatic rings. The zero-order chi connectivity index (χ0) is 15.6. The van der Waals surface area contributed by atoms with Crippen molar-refractivity contribution >= 4 is 27.5 Å². The van der Waals surface area contributed by atoms with Gasteiger partial charge in [-0.1, -0.05) is 11.6 Å². The van der Waals surface area contributed by atoms with Gasteiger partial charge in [0.15, 0.2) is 11.5 Å². The maximum Gasteiger partial charge on any atom is 0.179 e. The Kier molecular flexibility index (Phi) is 5.13. The minimum atomic E-state index is -0.0795. The Morgan fingerprint density at radius 1 is 1.33 bits per heavy atom. The summed E-state index contributed by atoms with van der Waals surface area (Å²) in [7, 11) is 6.94. The first kappa shape index (κ1) is 16.1. The summed E-state index contributed by atoms with van der Waals surface area (Å²) in [4.78, 5) is 0. The zero-order valence-electron chi connectivity index (χ0n) is 12.3. The van der Waals surface area contributed by atoms with E-state index in [-0.39, 0.29) is 6.04 Å². The van der Waals surface area contributed by atoms with E-state index in [0.29, 0.717) is 16.5 Å². The highest BCUT2D eigenvalue weighted by atomic mass is 79.9. The number of aryl methyl sites for hydroxylation is 1. The molecule has 0 radical (unpaired) electrons. The van der Waals surface area contributed by atoms with E-state index in [0.717, 1.165) is 15.7 Å². The highest BCUT2D eigenvalue weighted by molar-refractivity contribution is 9.10. The van der Waals surface area contributed by atoms with E-state index < -0.39 is 0 Å². The van der Waals surface area contributed by atoms with Gasteiger partial charge in [0.05, 0.1) is 41.6 Å². The molecule has 0 amide bonds. The van der Waals surface area contributed by atoms with Crippen molar-refractivity contribution in [3.05, 3.63) is 39.1 Å². The lowest BCUT2D eigenvalue weighted by molar-refractivity contribution is 0.354. The molecule has 1 heterocycles. The number of nitrogens with zero attached hydrogens (tertiary/aromatic N) is 2. The lowest BCUT2D eigenvalue weighted by atomic mass is 10.0. The Hall–Kier alpha value is -1.24. The number of methoxy groups -OCH3 is 2. The van der Waals surface area contributed by atoms with E-state index in [2.05, 4.69) is 26.3 Å². The average molecular weight is 375 g/mol. The highest BCUT2D eigenvalue weighted by Crippen LogP contribution is 2.39. The van der Waals surface area contributed by atoms with Gasteiger partial charge >= 0.3 is 0 Å². The van der Waals surface area contributed by atoms with E-state index in [4.69, 9.17) is 21.1 Å². The quantitative estimate of drug-likeness (QED) is 0.873. The van der Waals surface area contributed by atoms with E-state index in [1.807, 2.05) is 30.9 Å². The van der Waals surface area contributed by atoms with E-state index in [1.54, 1.807) is 20.4 Å². The fraction of sp³-hybridized carbons (Fsp3) is 0.357. The summed E-state index contributed by atoms with van der Waals surface area (Å²) in [5.74, 6) is 1.13. The Bertz CT molecular complexity index is 626. The average Bonchev–Trinajstić information content (AvgIpc) is 2.79. The third kappa shape index (κ3) is 3.02. The van der Waals surface area contributed by atoms with Crippen LogP contribution in [0.4, 0.5) is 0 Å². The smallest absolute Gasteiger partial charge is 0.179 e. The van der Waals surface area contributed by atoms with E-state index in [1.165, 1.54) is 0 Å². The van der Waals surface area contributed by atoms with Crippen LogP contribution in [0.5, 0.6) is 11.5 Å². The molecule has 1 N–H and O–H groups in total. The Morgan fingerprint density at radius 2 is 2.05 bits per heavy atom. The van der Waals surface area contributed by atoms with E-state index in [9.17, 15) is 0 Å². The van der Waals surface area contributed by atoms with E-state index >= 15 is 0 Å². The van der Waals surface area contributed by atoms with Gasteiger partial charge in [0.1, 0.15) is 0 Å². The second-order valence-electron chi connectivity index (χ2n) is 4.46. The molecule has 0 saturated carbocycles. The maximum absolute atomic E-state index is 6.29. The number of halogens is 2. The van der Waals surface area contributed by atoms with Crippen molar-refractivity contribution in [3.63, 3.8) is 0 Å². The largest absolute Gasteiger partial charge is 0.493 e. The molecular weight excluding hydrogens is 358 g/mol. The fourth-order valence-corrected chi connectivity index (χ4v) is 3.18. The first-order valence-corrected chi connectivity index (χ1v) is 7.46. The van der Waals surface area contributed by atoms with Crippen molar-refractivity contribution in [2.75, 3.05) is 21.3 Å². The number of nitrogens with one attached hydrogen (secondary N) is 1. The number of hydrogen-bond donors (Lipinski definition) is 1. The molecule has 114 valence electrons. The standard InChI is InChI=1S/C14H17BrClN3O2/c1-17-12(13-9(15)7-18-19(13)2)8-5-10(16)14(21-4)11(6-8)20-3/h5-7,12,17H,1-4H3. The summed E-state index contributed by atoms with van der Waals surface area (Å²) in [5.41, 5.74) is 1.96. The lowest BCUT2D eigenvalue weighted by Gasteiger charge is -2.20.